The van der Waals surface area contributed by atoms with Crippen LogP contribution in [0.5, 0.6) is 0 Å². The monoisotopic (exact) mass is 249 g/mol. The number of nitrogens with zero attached hydrogens (tertiary/aromatic N) is 2. The molecule has 1 saturated carbocycles. The van der Waals surface area contributed by atoms with E-state index in [9.17, 15) is 0 Å². The summed E-state index contributed by atoms with van der Waals surface area (Å²) in [7, 11) is 3.71. The molecule has 18 heavy (non-hydrogen) atoms. The summed E-state index contributed by atoms with van der Waals surface area (Å²) < 4.78 is 5.82. The van der Waals surface area contributed by atoms with Crippen molar-refractivity contribution in [3.8, 4) is 0 Å². The predicted octanol–water partition coefficient (Wildman–Crippen LogP) is 2.25. The SMILES string of the molecule is CNCc1ccnc(C2(OC)CCCC(C)C2)n1. The van der Waals surface area contributed by atoms with Gasteiger partial charge < -0.3 is 10.1 Å². The van der Waals surface area contributed by atoms with Gasteiger partial charge in [-0.25, -0.2) is 9.97 Å². The second kappa shape index (κ2) is 5.76. The average molecular weight is 249 g/mol. The molecule has 1 fully saturated rings. The molecule has 1 heterocycles. The molecular weight excluding hydrogens is 226 g/mol. The summed E-state index contributed by atoms with van der Waals surface area (Å²) in [5.41, 5.74) is 0.749. The van der Waals surface area contributed by atoms with Crippen molar-refractivity contribution in [3.05, 3.63) is 23.8 Å². The minimum atomic E-state index is -0.276. The summed E-state index contributed by atoms with van der Waals surface area (Å²) in [6.07, 6.45) is 6.36. The minimum Gasteiger partial charge on any atom is -0.370 e. The van der Waals surface area contributed by atoms with Gasteiger partial charge in [-0.1, -0.05) is 13.3 Å². The van der Waals surface area contributed by atoms with Crippen LogP contribution in [0.15, 0.2) is 12.3 Å². The van der Waals surface area contributed by atoms with Crippen LogP contribution < -0.4 is 5.32 Å². The van der Waals surface area contributed by atoms with Crippen molar-refractivity contribution in [2.75, 3.05) is 14.2 Å². The molecule has 0 aliphatic heterocycles. The highest BCUT2D eigenvalue weighted by Crippen LogP contribution is 2.40. The van der Waals surface area contributed by atoms with Gasteiger partial charge in [-0.3, -0.25) is 0 Å². The number of hydrogen-bond donors (Lipinski definition) is 1. The van der Waals surface area contributed by atoms with Crippen LogP contribution in [0, 0.1) is 5.92 Å². The first-order valence-corrected chi connectivity index (χ1v) is 6.72. The predicted molar refractivity (Wildman–Crippen MR) is 71.1 cm³/mol. The van der Waals surface area contributed by atoms with Crippen molar-refractivity contribution in [2.24, 2.45) is 5.92 Å². The largest absolute Gasteiger partial charge is 0.370 e. The van der Waals surface area contributed by atoms with Gasteiger partial charge in [0, 0.05) is 19.9 Å². The molecule has 4 heteroatoms. The molecule has 0 bridgehead atoms. The maximum absolute atomic E-state index is 5.82. The molecule has 1 aromatic heterocycles. The molecule has 0 amide bonds. The van der Waals surface area contributed by atoms with Gasteiger partial charge in [0.1, 0.15) is 5.60 Å². The molecule has 2 unspecified atom stereocenters. The first-order valence-electron chi connectivity index (χ1n) is 6.72. The number of ether oxygens (including phenoxy) is 1. The molecule has 1 aliphatic rings. The van der Waals surface area contributed by atoms with E-state index in [2.05, 4.69) is 22.2 Å². The van der Waals surface area contributed by atoms with Crippen molar-refractivity contribution in [1.82, 2.24) is 15.3 Å². The maximum Gasteiger partial charge on any atom is 0.160 e. The number of methoxy groups -OCH3 is 1. The van der Waals surface area contributed by atoms with Crippen LogP contribution >= 0.6 is 0 Å². The molecule has 1 aliphatic carbocycles. The Morgan fingerprint density at radius 3 is 3.06 bits per heavy atom. The second-order valence-electron chi connectivity index (χ2n) is 5.30. The Kier molecular flexibility index (Phi) is 4.30. The van der Waals surface area contributed by atoms with Crippen LogP contribution in [0.1, 0.15) is 44.1 Å². The van der Waals surface area contributed by atoms with Crippen LogP contribution in [0.4, 0.5) is 0 Å². The Balaban J connectivity index is 2.28. The normalized spacial score (nSPS) is 28.3. The quantitative estimate of drug-likeness (QED) is 0.889. The van der Waals surface area contributed by atoms with Crippen LogP contribution in [-0.2, 0) is 16.9 Å². The van der Waals surface area contributed by atoms with E-state index in [1.165, 1.54) is 12.8 Å². The lowest BCUT2D eigenvalue weighted by atomic mass is 9.78. The fourth-order valence-corrected chi connectivity index (χ4v) is 2.88. The summed E-state index contributed by atoms with van der Waals surface area (Å²) in [6.45, 7) is 3.05. The summed E-state index contributed by atoms with van der Waals surface area (Å²) in [5, 5.41) is 3.12. The van der Waals surface area contributed by atoms with Crippen LogP contribution in [0.2, 0.25) is 0 Å². The highest BCUT2D eigenvalue weighted by molar-refractivity contribution is 5.10. The summed E-state index contributed by atoms with van der Waals surface area (Å²) in [4.78, 5) is 9.12. The Morgan fingerprint density at radius 2 is 2.39 bits per heavy atom. The first kappa shape index (κ1) is 13.4. The van der Waals surface area contributed by atoms with Gasteiger partial charge in [0.2, 0.25) is 0 Å². The Morgan fingerprint density at radius 1 is 1.56 bits per heavy atom. The van der Waals surface area contributed by atoms with Gasteiger partial charge in [0.15, 0.2) is 5.82 Å². The molecular formula is C14H23N3O. The van der Waals surface area contributed by atoms with E-state index in [-0.39, 0.29) is 5.60 Å². The third-order valence-electron chi connectivity index (χ3n) is 3.83. The topological polar surface area (TPSA) is 47.0 Å². The number of rotatable bonds is 4. The van der Waals surface area contributed by atoms with Gasteiger partial charge in [0.05, 0.1) is 5.69 Å². The van der Waals surface area contributed by atoms with Crippen LogP contribution in [0.3, 0.4) is 0 Å². The van der Waals surface area contributed by atoms with Gasteiger partial charge in [-0.05, 0) is 38.3 Å². The zero-order chi connectivity index (χ0) is 13.0. The molecule has 0 saturated heterocycles. The molecule has 100 valence electrons. The lowest BCUT2D eigenvalue weighted by Gasteiger charge is -2.37. The molecule has 2 rings (SSSR count). The maximum atomic E-state index is 5.82. The molecule has 0 spiro atoms. The van der Waals surface area contributed by atoms with Crippen molar-refractivity contribution >= 4 is 0 Å². The molecule has 0 aromatic carbocycles. The van der Waals surface area contributed by atoms with Crippen LogP contribution in [0.25, 0.3) is 0 Å². The fourth-order valence-electron chi connectivity index (χ4n) is 2.88. The Hall–Kier alpha value is -1.00. The third-order valence-corrected chi connectivity index (χ3v) is 3.83. The lowest BCUT2D eigenvalue weighted by molar-refractivity contribution is -0.0647. The average Bonchev–Trinajstić information content (AvgIpc) is 2.39. The Labute approximate surface area is 109 Å². The lowest BCUT2D eigenvalue weighted by Crippen LogP contribution is -2.36. The zero-order valence-corrected chi connectivity index (χ0v) is 11.6. The zero-order valence-electron chi connectivity index (χ0n) is 11.6. The standard InChI is InChI=1S/C14H23N3O/c1-11-5-4-7-14(9-11,18-3)13-16-8-6-12(17-13)10-15-2/h6,8,11,15H,4-5,7,9-10H2,1-3H3. The second-order valence-corrected chi connectivity index (χ2v) is 5.30. The molecule has 1 N–H and O–H groups in total. The van der Waals surface area contributed by atoms with Gasteiger partial charge in [-0.15, -0.1) is 0 Å². The molecule has 4 nitrogen and oxygen atoms in total. The number of hydrogen-bond acceptors (Lipinski definition) is 4. The summed E-state index contributed by atoms with van der Waals surface area (Å²) >= 11 is 0. The van der Waals surface area contributed by atoms with Gasteiger partial charge in [-0.2, -0.15) is 0 Å². The molecule has 0 radical (unpaired) electrons. The van der Waals surface area contributed by atoms with E-state index in [1.807, 2.05) is 19.3 Å². The number of nitrogens with one attached hydrogen (secondary N) is 1. The smallest absolute Gasteiger partial charge is 0.160 e. The van der Waals surface area contributed by atoms with E-state index in [0.29, 0.717) is 5.92 Å². The van der Waals surface area contributed by atoms with E-state index in [4.69, 9.17) is 4.74 Å². The van der Waals surface area contributed by atoms with E-state index < -0.39 is 0 Å². The van der Waals surface area contributed by atoms with Crippen molar-refractivity contribution < 1.29 is 4.74 Å². The summed E-state index contributed by atoms with van der Waals surface area (Å²) in [5.74, 6) is 1.53. The minimum absolute atomic E-state index is 0.276. The number of aromatic nitrogens is 2. The molecule has 2 atom stereocenters. The first-order chi connectivity index (χ1) is 8.70. The van der Waals surface area contributed by atoms with Crippen molar-refractivity contribution in [2.45, 2.75) is 44.8 Å². The fraction of sp³-hybridized carbons (Fsp3) is 0.714. The third kappa shape index (κ3) is 2.70. The highest BCUT2D eigenvalue weighted by Gasteiger charge is 2.39. The Bertz CT molecular complexity index is 396. The van der Waals surface area contributed by atoms with E-state index in [0.717, 1.165) is 30.9 Å². The van der Waals surface area contributed by atoms with E-state index in [1.54, 1.807) is 7.11 Å². The molecule has 1 aromatic rings. The van der Waals surface area contributed by atoms with Gasteiger partial charge >= 0.3 is 0 Å². The van der Waals surface area contributed by atoms with Crippen molar-refractivity contribution in [3.63, 3.8) is 0 Å². The van der Waals surface area contributed by atoms with Crippen molar-refractivity contribution in [1.29, 1.82) is 0 Å². The summed E-state index contributed by atoms with van der Waals surface area (Å²) in [6, 6.07) is 1.95. The van der Waals surface area contributed by atoms with E-state index >= 15 is 0 Å². The van der Waals surface area contributed by atoms with Gasteiger partial charge in [0.25, 0.3) is 0 Å². The van der Waals surface area contributed by atoms with Crippen LogP contribution in [-0.4, -0.2) is 24.1 Å². The highest BCUT2D eigenvalue weighted by atomic mass is 16.5.